The summed E-state index contributed by atoms with van der Waals surface area (Å²) in [5.41, 5.74) is 2.13. The first-order chi connectivity index (χ1) is 8.31. The number of benzene rings is 1. The third kappa shape index (κ3) is 3.02. The van der Waals surface area contributed by atoms with Gasteiger partial charge in [0, 0.05) is 0 Å². The maximum absolute atomic E-state index is 9.25. The van der Waals surface area contributed by atoms with Crippen LogP contribution in [0.15, 0.2) is 18.2 Å². The Balaban J connectivity index is 3.31. The van der Waals surface area contributed by atoms with Crippen LogP contribution in [0.5, 0.6) is 5.75 Å². The lowest BCUT2D eigenvalue weighted by molar-refractivity contribution is 0.356. The molecule has 0 heterocycles. The van der Waals surface area contributed by atoms with E-state index in [1.807, 2.05) is 31.1 Å². The van der Waals surface area contributed by atoms with Crippen molar-refractivity contribution in [3.63, 3.8) is 0 Å². The maximum atomic E-state index is 9.25. The van der Waals surface area contributed by atoms with Gasteiger partial charge in [-0.15, -0.1) is 0 Å². The Morgan fingerprint density at radius 3 is 2.28 bits per heavy atom. The summed E-state index contributed by atoms with van der Waals surface area (Å²) in [6.07, 6.45) is 0. The SMILES string of the molecule is COc1ccc(C(C#N)N(C)C)cc1C(C)(C)C. The lowest BCUT2D eigenvalue weighted by atomic mass is 9.84. The molecule has 0 aliphatic rings. The Morgan fingerprint density at radius 1 is 1.28 bits per heavy atom. The number of ether oxygens (including phenoxy) is 1. The molecule has 0 saturated heterocycles. The molecule has 98 valence electrons. The highest BCUT2D eigenvalue weighted by Crippen LogP contribution is 2.34. The van der Waals surface area contributed by atoms with Crippen LogP contribution in [-0.4, -0.2) is 26.1 Å². The van der Waals surface area contributed by atoms with E-state index in [1.165, 1.54) is 0 Å². The summed E-state index contributed by atoms with van der Waals surface area (Å²) in [7, 11) is 5.50. The van der Waals surface area contributed by atoms with E-state index in [0.29, 0.717) is 0 Å². The normalized spacial score (nSPS) is 13.2. The third-order valence-electron chi connectivity index (χ3n) is 2.99. The molecule has 0 fully saturated rings. The number of nitrogens with zero attached hydrogens (tertiary/aromatic N) is 2. The fraction of sp³-hybridized carbons (Fsp3) is 0.533. The van der Waals surface area contributed by atoms with Crippen molar-refractivity contribution in [3.8, 4) is 11.8 Å². The zero-order valence-electron chi connectivity index (χ0n) is 12.1. The first-order valence-corrected chi connectivity index (χ1v) is 6.05. The van der Waals surface area contributed by atoms with E-state index in [9.17, 15) is 5.26 Å². The van der Waals surface area contributed by atoms with E-state index in [4.69, 9.17) is 4.74 Å². The second-order valence-corrected chi connectivity index (χ2v) is 5.70. The van der Waals surface area contributed by atoms with E-state index < -0.39 is 0 Å². The van der Waals surface area contributed by atoms with Crippen molar-refractivity contribution in [1.29, 1.82) is 5.26 Å². The zero-order chi connectivity index (χ0) is 13.9. The summed E-state index contributed by atoms with van der Waals surface area (Å²) >= 11 is 0. The molecule has 0 N–H and O–H groups in total. The number of methoxy groups -OCH3 is 1. The minimum atomic E-state index is -0.225. The van der Waals surface area contributed by atoms with Crippen molar-refractivity contribution in [2.24, 2.45) is 0 Å². The molecule has 1 aromatic carbocycles. The highest BCUT2D eigenvalue weighted by molar-refractivity contribution is 5.43. The van der Waals surface area contributed by atoms with Gasteiger partial charge in [-0.2, -0.15) is 5.26 Å². The van der Waals surface area contributed by atoms with E-state index in [2.05, 4.69) is 32.9 Å². The van der Waals surface area contributed by atoms with E-state index in [1.54, 1.807) is 7.11 Å². The summed E-state index contributed by atoms with van der Waals surface area (Å²) in [5, 5.41) is 9.25. The molecule has 1 atom stereocenters. The van der Waals surface area contributed by atoms with E-state index in [0.717, 1.165) is 16.9 Å². The van der Waals surface area contributed by atoms with Crippen LogP contribution < -0.4 is 4.74 Å². The Hall–Kier alpha value is -1.53. The van der Waals surface area contributed by atoms with Gasteiger partial charge in [0.15, 0.2) is 0 Å². The maximum Gasteiger partial charge on any atom is 0.123 e. The minimum Gasteiger partial charge on any atom is -0.496 e. The van der Waals surface area contributed by atoms with Crippen molar-refractivity contribution < 1.29 is 4.74 Å². The molecular formula is C15H22N2O. The lowest BCUT2D eigenvalue weighted by Gasteiger charge is -2.25. The van der Waals surface area contributed by atoms with Gasteiger partial charge in [-0.05, 0) is 42.8 Å². The van der Waals surface area contributed by atoms with Crippen LogP contribution in [0, 0.1) is 11.3 Å². The van der Waals surface area contributed by atoms with Gasteiger partial charge in [0.25, 0.3) is 0 Å². The molecule has 3 nitrogen and oxygen atoms in total. The van der Waals surface area contributed by atoms with Gasteiger partial charge in [-0.25, -0.2) is 0 Å². The molecule has 18 heavy (non-hydrogen) atoms. The smallest absolute Gasteiger partial charge is 0.123 e. The first-order valence-electron chi connectivity index (χ1n) is 6.05. The third-order valence-corrected chi connectivity index (χ3v) is 2.99. The second kappa shape index (κ2) is 5.41. The average Bonchev–Trinajstić information content (AvgIpc) is 2.28. The molecular weight excluding hydrogens is 224 g/mol. The van der Waals surface area contributed by atoms with Crippen molar-refractivity contribution in [2.45, 2.75) is 32.2 Å². The topological polar surface area (TPSA) is 36.3 Å². The van der Waals surface area contributed by atoms with Crippen molar-refractivity contribution >= 4 is 0 Å². The predicted molar refractivity (Wildman–Crippen MR) is 73.7 cm³/mol. The molecule has 1 rings (SSSR count). The molecule has 0 radical (unpaired) electrons. The van der Waals surface area contributed by atoms with Crippen molar-refractivity contribution in [3.05, 3.63) is 29.3 Å². The Bertz CT molecular complexity index is 453. The highest BCUT2D eigenvalue weighted by atomic mass is 16.5. The van der Waals surface area contributed by atoms with Crippen LogP contribution in [0.3, 0.4) is 0 Å². The summed E-state index contributed by atoms with van der Waals surface area (Å²) in [4.78, 5) is 1.91. The van der Waals surface area contributed by atoms with Crippen molar-refractivity contribution in [2.75, 3.05) is 21.2 Å². The molecule has 0 bridgehead atoms. The average molecular weight is 246 g/mol. The van der Waals surface area contributed by atoms with E-state index in [-0.39, 0.29) is 11.5 Å². The molecule has 1 unspecified atom stereocenters. The van der Waals surface area contributed by atoms with Gasteiger partial charge in [-0.1, -0.05) is 26.8 Å². The Labute approximate surface area is 110 Å². The number of hydrogen-bond donors (Lipinski definition) is 0. The van der Waals surface area contributed by atoms with Gasteiger partial charge >= 0.3 is 0 Å². The summed E-state index contributed by atoms with van der Waals surface area (Å²) in [6, 6.07) is 8.08. The van der Waals surface area contributed by atoms with Crippen LogP contribution >= 0.6 is 0 Å². The van der Waals surface area contributed by atoms with Gasteiger partial charge < -0.3 is 4.74 Å². The Kier molecular flexibility index (Phi) is 4.37. The molecule has 0 aliphatic heterocycles. The van der Waals surface area contributed by atoms with Crippen LogP contribution in [-0.2, 0) is 5.41 Å². The summed E-state index contributed by atoms with van der Waals surface area (Å²) in [5.74, 6) is 0.877. The standard InChI is InChI=1S/C15H22N2O/c1-15(2,3)12-9-11(7-8-14(12)18-6)13(10-16)17(4)5/h7-9,13H,1-6H3. The fourth-order valence-corrected chi connectivity index (χ4v) is 1.97. The zero-order valence-corrected chi connectivity index (χ0v) is 12.1. The highest BCUT2D eigenvalue weighted by Gasteiger charge is 2.22. The number of hydrogen-bond acceptors (Lipinski definition) is 3. The molecule has 0 spiro atoms. The summed E-state index contributed by atoms with van der Waals surface area (Å²) in [6.45, 7) is 6.43. The van der Waals surface area contributed by atoms with Gasteiger partial charge in [0.05, 0.1) is 13.2 Å². The molecule has 1 aromatic rings. The fourth-order valence-electron chi connectivity index (χ4n) is 1.97. The first kappa shape index (κ1) is 14.5. The number of rotatable bonds is 3. The van der Waals surface area contributed by atoms with Crippen LogP contribution in [0.2, 0.25) is 0 Å². The van der Waals surface area contributed by atoms with Gasteiger partial charge in [0.1, 0.15) is 11.8 Å². The van der Waals surface area contributed by atoms with E-state index >= 15 is 0 Å². The largest absolute Gasteiger partial charge is 0.496 e. The number of nitriles is 1. The monoisotopic (exact) mass is 246 g/mol. The minimum absolute atomic E-state index is 0.00628. The predicted octanol–water partition coefficient (Wildman–Crippen LogP) is 3.12. The Morgan fingerprint density at radius 2 is 1.89 bits per heavy atom. The molecule has 0 saturated carbocycles. The van der Waals surface area contributed by atoms with Gasteiger partial charge in [0.2, 0.25) is 0 Å². The van der Waals surface area contributed by atoms with Crippen LogP contribution in [0.25, 0.3) is 0 Å². The van der Waals surface area contributed by atoms with Crippen LogP contribution in [0.4, 0.5) is 0 Å². The quantitative estimate of drug-likeness (QED) is 0.822. The summed E-state index contributed by atoms with van der Waals surface area (Å²) < 4.78 is 5.40. The molecule has 0 amide bonds. The second-order valence-electron chi connectivity index (χ2n) is 5.70. The van der Waals surface area contributed by atoms with Crippen LogP contribution in [0.1, 0.15) is 37.9 Å². The molecule has 3 heteroatoms. The van der Waals surface area contributed by atoms with Crippen molar-refractivity contribution in [1.82, 2.24) is 4.90 Å². The molecule has 0 aromatic heterocycles. The van der Waals surface area contributed by atoms with Gasteiger partial charge in [-0.3, -0.25) is 4.90 Å². The molecule has 0 aliphatic carbocycles. The lowest BCUT2D eigenvalue weighted by Crippen LogP contribution is -2.20.